The van der Waals surface area contributed by atoms with Crippen LogP contribution in [0.1, 0.15) is 12.5 Å². The first-order chi connectivity index (χ1) is 4.74. The summed E-state index contributed by atoms with van der Waals surface area (Å²) < 4.78 is 0. The van der Waals surface area contributed by atoms with Crippen LogP contribution >= 0.6 is 23.2 Å². The first-order valence-corrected chi connectivity index (χ1v) is 3.79. The molecule has 0 aliphatic carbocycles. The van der Waals surface area contributed by atoms with Gasteiger partial charge in [0, 0.05) is 6.20 Å². The number of pyridine rings is 1. The maximum atomic E-state index is 5.78. The van der Waals surface area contributed by atoms with Crippen LogP contribution in [0.4, 0.5) is 0 Å². The number of rotatable bonds is 1. The average Bonchev–Trinajstić information content (AvgIpc) is 1.94. The number of nitrogens with zero attached hydrogens (tertiary/aromatic N) is 1. The van der Waals surface area contributed by atoms with Crippen molar-refractivity contribution in [2.24, 2.45) is 0 Å². The van der Waals surface area contributed by atoms with E-state index < -0.39 is 0 Å². The summed E-state index contributed by atoms with van der Waals surface area (Å²) in [6, 6.07) is 1.78. The summed E-state index contributed by atoms with van der Waals surface area (Å²) in [4.78, 5) is 3.82. The minimum atomic E-state index is 0.501. The molecule has 0 saturated heterocycles. The van der Waals surface area contributed by atoms with Gasteiger partial charge in [-0.25, -0.2) is 4.98 Å². The first-order valence-electron chi connectivity index (χ1n) is 3.04. The van der Waals surface area contributed by atoms with Crippen molar-refractivity contribution in [3.63, 3.8) is 0 Å². The molecule has 0 atom stereocenters. The van der Waals surface area contributed by atoms with Gasteiger partial charge in [0.1, 0.15) is 5.15 Å². The molecule has 1 nitrogen and oxygen atoms in total. The Bertz CT molecular complexity index is 235. The molecule has 0 radical (unpaired) electrons. The second kappa shape index (κ2) is 3.22. The Morgan fingerprint density at radius 1 is 1.50 bits per heavy atom. The van der Waals surface area contributed by atoms with Crippen molar-refractivity contribution >= 4 is 23.2 Å². The second-order valence-corrected chi connectivity index (χ2v) is 2.75. The predicted molar refractivity (Wildman–Crippen MR) is 43.6 cm³/mol. The van der Waals surface area contributed by atoms with E-state index in [9.17, 15) is 0 Å². The maximum absolute atomic E-state index is 5.78. The first kappa shape index (κ1) is 7.83. The summed E-state index contributed by atoms with van der Waals surface area (Å²) in [7, 11) is 0. The molecule has 10 heavy (non-hydrogen) atoms. The van der Waals surface area contributed by atoms with Crippen LogP contribution in [-0.2, 0) is 6.42 Å². The van der Waals surface area contributed by atoms with Crippen LogP contribution in [0.25, 0.3) is 0 Å². The molecular formula is C7H7Cl2N. The monoisotopic (exact) mass is 175 g/mol. The van der Waals surface area contributed by atoms with Crippen molar-refractivity contribution in [3.8, 4) is 0 Å². The molecule has 1 rings (SSSR count). The molecule has 54 valence electrons. The zero-order valence-electron chi connectivity index (χ0n) is 5.56. The largest absolute Gasteiger partial charge is 0.243 e. The normalized spacial score (nSPS) is 9.90. The van der Waals surface area contributed by atoms with Crippen molar-refractivity contribution in [3.05, 3.63) is 28.0 Å². The molecule has 0 unspecified atom stereocenters. The quantitative estimate of drug-likeness (QED) is 0.599. The van der Waals surface area contributed by atoms with E-state index in [1.165, 1.54) is 0 Å². The van der Waals surface area contributed by atoms with Gasteiger partial charge in [-0.15, -0.1) is 0 Å². The Kier molecular flexibility index (Phi) is 2.52. The third kappa shape index (κ3) is 1.61. The predicted octanol–water partition coefficient (Wildman–Crippen LogP) is 2.95. The molecule has 0 bridgehead atoms. The molecule has 0 spiro atoms. The number of halogens is 2. The van der Waals surface area contributed by atoms with E-state index >= 15 is 0 Å². The highest BCUT2D eigenvalue weighted by Crippen LogP contribution is 2.17. The van der Waals surface area contributed by atoms with Gasteiger partial charge in [-0.3, -0.25) is 0 Å². The van der Waals surface area contributed by atoms with E-state index in [0.29, 0.717) is 10.2 Å². The lowest BCUT2D eigenvalue weighted by Crippen LogP contribution is -1.83. The Morgan fingerprint density at radius 3 is 2.70 bits per heavy atom. The van der Waals surface area contributed by atoms with Gasteiger partial charge in [-0.05, 0) is 18.1 Å². The Balaban J connectivity index is 3.09. The van der Waals surface area contributed by atoms with Gasteiger partial charge in [0.25, 0.3) is 0 Å². The maximum Gasteiger partial charge on any atom is 0.129 e. The smallest absolute Gasteiger partial charge is 0.129 e. The molecule has 0 amide bonds. The van der Waals surface area contributed by atoms with Crippen LogP contribution < -0.4 is 0 Å². The fraction of sp³-hybridized carbons (Fsp3) is 0.286. The summed E-state index contributed by atoms with van der Waals surface area (Å²) in [6.07, 6.45) is 2.46. The van der Waals surface area contributed by atoms with E-state index in [0.717, 1.165) is 12.0 Å². The van der Waals surface area contributed by atoms with Crippen LogP contribution in [0, 0.1) is 0 Å². The molecule has 0 saturated carbocycles. The average molecular weight is 176 g/mol. The van der Waals surface area contributed by atoms with Crippen molar-refractivity contribution < 1.29 is 0 Å². The highest BCUT2D eigenvalue weighted by Gasteiger charge is 1.97. The van der Waals surface area contributed by atoms with E-state index in [2.05, 4.69) is 4.98 Å². The standard InChI is InChI=1S/C7H7Cl2N/c1-2-5-3-7(9)10-4-6(5)8/h3-4H,2H2,1H3. The van der Waals surface area contributed by atoms with Gasteiger partial charge in [0.2, 0.25) is 0 Å². The van der Waals surface area contributed by atoms with Gasteiger partial charge in [-0.2, -0.15) is 0 Å². The van der Waals surface area contributed by atoms with Crippen molar-refractivity contribution in [1.82, 2.24) is 4.98 Å². The molecule has 0 aromatic carbocycles. The Hall–Kier alpha value is -0.270. The topological polar surface area (TPSA) is 12.9 Å². The summed E-state index contributed by atoms with van der Waals surface area (Å²) in [5.74, 6) is 0. The van der Waals surface area contributed by atoms with Crippen LogP contribution in [0.2, 0.25) is 10.2 Å². The van der Waals surface area contributed by atoms with Crippen LogP contribution in [-0.4, -0.2) is 4.98 Å². The van der Waals surface area contributed by atoms with E-state index in [1.54, 1.807) is 12.3 Å². The molecule has 1 aromatic heterocycles. The Labute approximate surface area is 70.0 Å². The van der Waals surface area contributed by atoms with Gasteiger partial charge in [0.05, 0.1) is 5.02 Å². The molecular weight excluding hydrogens is 169 g/mol. The number of aromatic nitrogens is 1. The molecule has 0 aliphatic rings. The van der Waals surface area contributed by atoms with Crippen molar-refractivity contribution in [2.75, 3.05) is 0 Å². The molecule has 0 fully saturated rings. The fourth-order valence-corrected chi connectivity index (χ4v) is 1.14. The van der Waals surface area contributed by atoms with Gasteiger partial charge < -0.3 is 0 Å². The molecule has 0 aliphatic heterocycles. The summed E-state index contributed by atoms with van der Waals surface area (Å²) in [6.45, 7) is 2.03. The van der Waals surface area contributed by atoms with Gasteiger partial charge in [0.15, 0.2) is 0 Å². The van der Waals surface area contributed by atoms with E-state index in [4.69, 9.17) is 23.2 Å². The SMILES string of the molecule is CCc1cc(Cl)ncc1Cl. The molecule has 0 N–H and O–H groups in total. The second-order valence-electron chi connectivity index (χ2n) is 1.95. The summed E-state index contributed by atoms with van der Waals surface area (Å²) in [5, 5.41) is 1.19. The number of hydrogen-bond acceptors (Lipinski definition) is 1. The fourth-order valence-electron chi connectivity index (χ4n) is 0.722. The van der Waals surface area contributed by atoms with Gasteiger partial charge >= 0.3 is 0 Å². The van der Waals surface area contributed by atoms with Crippen LogP contribution in [0.3, 0.4) is 0 Å². The minimum absolute atomic E-state index is 0.501. The zero-order chi connectivity index (χ0) is 7.56. The number of aryl methyl sites for hydroxylation is 1. The highest BCUT2D eigenvalue weighted by atomic mass is 35.5. The highest BCUT2D eigenvalue weighted by molar-refractivity contribution is 6.32. The van der Waals surface area contributed by atoms with E-state index in [1.807, 2.05) is 6.92 Å². The molecule has 1 heterocycles. The summed E-state index contributed by atoms with van der Waals surface area (Å²) in [5.41, 5.74) is 1.04. The summed E-state index contributed by atoms with van der Waals surface area (Å²) >= 11 is 11.4. The Morgan fingerprint density at radius 2 is 2.20 bits per heavy atom. The third-order valence-corrected chi connectivity index (χ3v) is 1.83. The lowest BCUT2D eigenvalue weighted by Gasteiger charge is -1.98. The zero-order valence-corrected chi connectivity index (χ0v) is 7.08. The molecule has 1 aromatic rings. The minimum Gasteiger partial charge on any atom is -0.243 e. The molecule has 3 heteroatoms. The van der Waals surface area contributed by atoms with Crippen molar-refractivity contribution in [2.45, 2.75) is 13.3 Å². The van der Waals surface area contributed by atoms with Crippen molar-refractivity contribution in [1.29, 1.82) is 0 Å². The number of hydrogen-bond donors (Lipinski definition) is 0. The third-order valence-electron chi connectivity index (χ3n) is 1.28. The van der Waals surface area contributed by atoms with Crippen LogP contribution in [0.15, 0.2) is 12.3 Å². The van der Waals surface area contributed by atoms with Gasteiger partial charge in [-0.1, -0.05) is 30.1 Å². The lowest BCUT2D eigenvalue weighted by molar-refractivity contribution is 1.12. The lowest BCUT2D eigenvalue weighted by atomic mass is 10.2. The van der Waals surface area contributed by atoms with Crippen LogP contribution in [0.5, 0.6) is 0 Å². The van der Waals surface area contributed by atoms with E-state index in [-0.39, 0.29) is 0 Å².